The number of rotatable bonds is 6. The first-order chi connectivity index (χ1) is 15.8. The zero-order chi connectivity index (χ0) is 21.8. The van der Waals surface area contributed by atoms with E-state index < -0.39 is 0 Å². The van der Waals surface area contributed by atoms with Crippen molar-refractivity contribution in [1.82, 2.24) is 15.5 Å². The SMILES string of the molecule is O=C(N[C@@H]1CCCC[C@H]1c1ccccc1)c1cc(COc2cccc3cnccc23)on1. The lowest BCUT2D eigenvalue weighted by molar-refractivity contribution is 0.0911. The molecule has 0 aliphatic heterocycles. The number of amides is 1. The van der Waals surface area contributed by atoms with Crippen molar-refractivity contribution in [3.8, 4) is 5.75 Å². The van der Waals surface area contributed by atoms with Gasteiger partial charge in [-0.05, 0) is 30.5 Å². The van der Waals surface area contributed by atoms with Gasteiger partial charge < -0.3 is 14.6 Å². The molecule has 0 saturated heterocycles. The third kappa shape index (κ3) is 4.35. The summed E-state index contributed by atoms with van der Waals surface area (Å²) >= 11 is 0. The highest BCUT2D eigenvalue weighted by atomic mass is 16.5. The molecule has 0 spiro atoms. The highest BCUT2D eigenvalue weighted by Crippen LogP contribution is 2.33. The van der Waals surface area contributed by atoms with Crippen LogP contribution in [0, 0.1) is 0 Å². The second-order valence-electron chi connectivity index (χ2n) is 8.20. The van der Waals surface area contributed by atoms with Crippen LogP contribution in [0.1, 0.15) is 53.4 Å². The molecule has 0 bridgehead atoms. The quantitative estimate of drug-likeness (QED) is 0.454. The van der Waals surface area contributed by atoms with E-state index in [1.807, 2.05) is 30.3 Å². The van der Waals surface area contributed by atoms with Crippen LogP contribution in [0.5, 0.6) is 5.75 Å². The molecule has 1 amide bonds. The first-order valence-electron chi connectivity index (χ1n) is 11.0. The van der Waals surface area contributed by atoms with E-state index in [9.17, 15) is 4.79 Å². The normalized spacial score (nSPS) is 18.4. The summed E-state index contributed by atoms with van der Waals surface area (Å²) in [5.74, 6) is 1.36. The Labute approximate surface area is 186 Å². The van der Waals surface area contributed by atoms with Crippen LogP contribution in [0.15, 0.2) is 77.6 Å². The number of ether oxygens (including phenoxy) is 1. The van der Waals surface area contributed by atoms with Gasteiger partial charge >= 0.3 is 0 Å². The molecule has 0 unspecified atom stereocenters. The second kappa shape index (κ2) is 9.22. The van der Waals surface area contributed by atoms with Crippen LogP contribution in [0.2, 0.25) is 0 Å². The molecule has 1 N–H and O–H groups in total. The highest BCUT2D eigenvalue weighted by Gasteiger charge is 2.28. The Morgan fingerprint density at radius 2 is 1.94 bits per heavy atom. The number of aromatic nitrogens is 2. The van der Waals surface area contributed by atoms with Gasteiger partial charge in [0.05, 0.1) is 0 Å². The molecular formula is C26H25N3O3. The van der Waals surface area contributed by atoms with Crippen LogP contribution in [-0.4, -0.2) is 22.1 Å². The van der Waals surface area contributed by atoms with Crippen LogP contribution < -0.4 is 10.1 Å². The molecule has 32 heavy (non-hydrogen) atoms. The molecule has 2 aromatic carbocycles. The molecule has 2 heterocycles. The number of nitrogens with zero attached hydrogens (tertiary/aromatic N) is 2. The molecule has 1 saturated carbocycles. The third-order valence-corrected chi connectivity index (χ3v) is 6.11. The van der Waals surface area contributed by atoms with Gasteiger partial charge in [0.1, 0.15) is 12.4 Å². The number of pyridine rings is 1. The van der Waals surface area contributed by atoms with E-state index in [2.05, 4.69) is 39.7 Å². The minimum Gasteiger partial charge on any atom is -0.485 e. The van der Waals surface area contributed by atoms with E-state index in [0.717, 1.165) is 35.8 Å². The maximum absolute atomic E-state index is 12.9. The Kier molecular flexibility index (Phi) is 5.83. The van der Waals surface area contributed by atoms with Gasteiger partial charge in [0.25, 0.3) is 5.91 Å². The molecule has 6 heteroatoms. The van der Waals surface area contributed by atoms with Crippen LogP contribution in [0.25, 0.3) is 10.8 Å². The molecule has 1 aliphatic carbocycles. The van der Waals surface area contributed by atoms with Crippen molar-refractivity contribution in [2.45, 2.75) is 44.2 Å². The van der Waals surface area contributed by atoms with Crippen molar-refractivity contribution in [3.63, 3.8) is 0 Å². The van der Waals surface area contributed by atoms with Crippen molar-refractivity contribution >= 4 is 16.7 Å². The van der Waals surface area contributed by atoms with Gasteiger partial charge in [-0.3, -0.25) is 9.78 Å². The predicted molar refractivity (Wildman–Crippen MR) is 121 cm³/mol. The van der Waals surface area contributed by atoms with E-state index in [-0.39, 0.29) is 24.2 Å². The minimum absolute atomic E-state index is 0.0966. The maximum atomic E-state index is 12.9. The average molecular weight is 428 g/mol. The first-order valence-corrected chi connectivity index (χ1v) is 11.0. The smallest absolute Gasteiger partial charge is 0.273 e. The number of benzene rings is 2. The van der Waals surface area contributed by atoms with Gasteiger partial charge in [-0.25, -0.2) is 0 Å². The molecule has 2 aromatic heterocycles. The van der Waals surface area contributed by atoms with Gasteiger partial charge in [0.2, 0.25) is 0 Å². The number of carbonyl (C=O) groups excluding carboxylic acids is 1. The van der Waals surface area contributed by atoms with Gasteiger partial charge in [-0.15, -0.1) is 0 Å². The average Bonchev–Trinajstić information content (AvgIpc) is 3.33. The van der Waals surface area contributed by atoms with Gasteiger partial charge in [-0.2, -0.15) is 0 Å². The molecule has 6 nitrogen and oxygen atoms in total. The summed E-state index contributed by atoms with van der Waals surface area (Å²) < 4.78 is 11.3. The second-order valence-corrected chi connectivity index (χ2v) is 8.20. The van der Waals surface area contributed by atoms with E-state index in [0.29, 0.717) is 11.7 Å². The largest absolute Gasteiger partial charge is 0.485 e. The van der Waals surface area contributed by atoms with Crippen molar-refractivity contribution in [2.24, 2.45) is 0 Å². The van der Waals surface area contributed by atoms with Crippen LogP contribution in [-0.2, 0) is 6.61 Å². The molecular weight excluding hydrogens is 402 g/mol. The summed E-state index contributed by atoms with van der Waals surface area (Å²) in [6, 6.07) is 19.9. The van der Waals surface area contributed by atoms with Crippen molar-refractivity contribution in [2.75, 3.05) is 0 Å². The van der Waals surface area contributed by atoms with E-state index in [4.69, 9.17) is 9.26 Å². The number of hydrogen-bond donors (Lipinski definition) is 1. The molecule has 2 atom stereocenters. The molecule has 1 fully saturated rings. The lowest BCUT2D eigenvalue weighted by atomic mass is 9.80. The minimum atomic E-state index is -0.205. The Hall–Kier alpha value is -3.67. The number of carbonyl (C=O) groups is 1. The van der Waals surface area contributed by atoms with E-state index >= 15 is 0 Å². The lowest BCUT2D eigenvalue weighted by Crippen LogP contribution is -2.41. The first kappa shape index (κ1) is 20.2. The number of fused-ring (bicyclic) bond motifs is 1. The molecule has 4 aromatic rings. The summed E-state index contributed by atoms with van der Waals surface area (Å²) in [7, 11) is 0. The predicted octanol–water partition coefficient (Wildman–Crippen LogP) is 5.26. The Balaban J connectivity index is 1.24. The fraction of sp³-hybridized carbons (Fsp3) is 0.269. The Morgan fingerprint density at radius 3 is 2.84 bits per heavy atom. The van der Waals surface area contributed by atoms with Crippen molar-refractivity contribution < 1.29 is 14.1 Å². The Morgan fingerprint density at radius 1 is 1.06 bits per heavy atom. The van der Waals surface area contributed by atoms with Crippen molar-refractivity contribution in [3.05, 3.63) is 90.1 Å². The summed E-state index contributed by atoms with van der Waals surface area (Å²) in [5.41, 5.74) is 1.56. The fourth-order valence-corrected chi connectivity index (χ4v) is 4.50. The van der Waals surface area contributed by atoms with E-state index in [1.54, 1.807) is 18.5 Å². The number of hydrogen-bond acceptors (Lipinski definition) is 5. The van der Waals surface area contributed by atoms with Gasteiger partial charge in [-0.1, -0.05) is 60.5 Å². The highest BCUT2D eigenvalue weighted by molar-refractivity contribution is 5.92. The lowest BCUT2D eigenvalue weighted by Gasteiger charge is -2.32. The standard InChI is InChI=1S/C26H25N3O3/c30-26(28-23-11-5-4-10-21(23)18-7-2-1-3-8-18)24-15-20(32-29-24)17-31-25-12-6-9-19-16-27-14-13-22(19)25/h1-3,6-9,12-16,21,23H,4-5,10-11,17H2,(H,28,30)/t21-,23+/m0/s1. The fourth-order valence-electron chi connectivity index (χ4n) is 4.50. The molecule has 0 radical (unpaired) electrons. The molecule has 162 valence electrons. The van der Waals surface area contributed by atoms with Crippen LogP contribution in [0.4, 0.5) is 0 Å². The third-order valence-electron chi connectivity index (χ3n) is 6.11. The molecule has 5 rings (SSSR count). The zero-order valence-corrected chi connectivity index (χ0v) is 17.7. The summed E-state index contributed by atoms with van der Waals surface area (Å²) in [4.78, 5) is 17.0. The maximum Gasteiger partial charge on any atom is 0.273 e. The summed E-state index contributed by atoms with van der Waals surface area (Å²) in [5, 5.41) is 9.14. The van der Waals surface area contributed by atoms with Gasteiger partial charge in [0, 0.05) is 41.2 Å². The summed E-state index contributed by atoms with van der Waals surface area (Å²) in [6.45, 7) is 0.192. The van der Waals surface area contributed by atoms with Crippen LogP contribution >= 0.6 is 0 Å². The van der Waals surface area contributed by atoms with Crippen molar-refractivity contribution in [1.29, 1.82) is 0 Å². The number of nitrogens with one attached hydrogen (secondary N) is 1. The van der Waals surface area contributed by atoms with Gasteiger partial charge in [0.15, 0.2) is 11.5 Å². The topological polar surface area (TPSA) is 77.2 Å². The molecule has 1 aliphatic rings. The zero-order valence-electron chi connectivity index (χ0n) is 17.7. The monoisotopic (exact) mass is 427 g/mol. The summed E-state index contributed by atoms with van der Waals surface area (Å²) in [6.07, 6.45) is 7.88. The van der Waals surface area contributed by atoms with Crippen LogP contribution in [0.3, 0.4) is 0 Å². The van der Waals surface area contributed by atoms with E-state index in [1.165, 1.54) is 12.0 Å². The Bertz CT molecular complexity index is 1200.